The number of hydrogen-bond acceptors (Lipinski definition) is 4. The molecule has 0 heterocycles. The molecule has 0 saturated carbocycles. The van der Waals surface area contributed by atoms with Gasteiger partial charge in [-0.3, -0.25) is 13.9 Å². The summed E-state index contributed by atoms with van der Waals surface area (Å²) < 4.78 is 69.2. The molecular weight excluding hydrogens is 567 g/mol. The summed E-state index contributed by atoms with van der Waals surface area (Å²) in [6.45, 7) is 8.03. The number of aryl methyl sites for hydroxylation is 2. The van der Waals surface area contributed by atoms with E-state index in [1.54, 1.807) is 31.2 Å². The van der Waals surface area contributed by atoms with Crippen LogP contribution in [0.5, 0.6) is 0 Å². The van der Waals surface area contributed by atoms with E-state index in [4.69, 9.17) is 0 Å². The number of nitrogens with zero attached hydrogens (tertiary/aromatic N) is 2. The Morgan fingerprint density at radius 1 is 0.929 bits per heavy atom. The molecule has 0 saturated heterocycles. The molecule has 226 valence electrons. The molecule has 42 heavy (non-hydrogen) atoms. The number of rotatable bonds is 11. The molecule has 0 bridgehead atoms. The molecule has 0 unspecified atom stereocenters. The molecule has 7 nitrogen and oxygen atoms in total. The zero-order chi connectivity index (χ0) is 31.2. The van der Waals surface area contributed by atoms with Crippen molar-refractivity contribution >= 4 is 27.5 Å². The van der Waals surface area contributed by atoms with Gasteiger partial charge < -0.3 is 10.2 Å². The molecule has 11 heteroatoms. The van der Waals surface area contributed by atoms with Gasteiger partial charge in [0.15, 0.2) is 0 Å². The fourth-order valence-electron chi connectivity index (χ4n) is 4.22. The van der Waals surface area contributed by atoms with Crippen molar-refractivity contribution in [2.45, 2.75) is 70.7 Å². The molecule has 0 fully saturated rings. The van der Waals surface area contributed by atoms with Gasteiger partial charge >= 0.3 is 6.18 Å². The smallest absolute Gasteiger partial charge is 0.352 e. The van der Waals surface area contributed by atoms with Crippen LogP contribution in [0.25, 0.3) is 0 Å². The minimum atomic E-state index is -4.74. The number of alkyl halides is 3. The van der Waals surface area contributed by atoms with E-state index in [1.807, 2.05) is 32.9 Å². The predicted octanol–water partition coefficient (Wildman–Crippen LogP) is 5.85. The van der Waals surface area contributed by atoms with E-state index >= 15 is 0 Å². The molecule has 0 aliphatic rings. The molecule has 3 aromatic carbocycles. The molecule has 0 aromatic heterocycles. The zero-order valence-electron chi connectivity index (χ0n) is 24.3. The number of carbonyl (C=O) groups excluding carboxylic acids is 2. The average molecular weight is 604 g/mol. The van der Waals surface area contributed by atoms with E-state index in [0.717, 1.165) is 28.8 Å². The maximum Gasteiger partial charge on any atom is 0.416 e. The van der Waals surface area contributed by atoms with Crippen LogP contribution in [0.1, 0.15) is 49.4 Å². The number of hydrogen-bond donors (Lipinski definition) is 1. The lowest BCUT2D eigenvalue weighted by atomic mass is 10.1. The fourth-order valence-corrected chi connectivity index (χ4v) is 5.63. The number of anilines is 1. The van der Waals surface area contributed by atoms with Crippen LogP contribution in [0, 0.1) is 13.8 Å². The summed E-state index contributed by atoms with van der Waals surface area (Å²) in [7, 11) is -4.49. The van der Waals surface area contributed by atoms with Crippen LogP contribution < -0.4 is 9.62 Å². The Morgan fingerprint density at radius 2 is 1.57 bits per heavy atom. The second kappa shape index (κ2) is 13.4. The van der Waals surface area contributed by atoms with Crippen molar-refractivity contribution in [3.05, 3.63) is 95.1 Å². The van der Waals surface area contributed by atoms with E-state index in [1.165, 1.54) is 30.0 Å². The molecule has 0 aliphatic carbocycles. The Labute approximate surface area is 245 Å². The number of carbonyl (C=O) groups is 2. The van der Waals surface area contributed by atoms with Crippen LogP contribution in [0.2, 0.25) is 0 Å². The molecule has 0 radical (unpaired) electrons. The first-order chi connectivity index (χ1) is 19.6. The maximum absolute atomic E-state index is 14.0. The quantitative estimate of drug-likeness (QED) is 0.298. The summed E-state index contributed by atoms with van der Waals surface area (Å²) in [6, 6.07) is 15.7. The number of amides is 2. The highest BCUT2D eigenvalue weighted by Crippen LogP contribution is 2.33. The Morgan fingerprint density at radius 3 is 2.17 bits per heavy atom. The molecule has 2 amide bonds. The van der Waals surface area contributed by atoms with Crippen molar-refractivity contribution in [1.82, 2.24) is 10.2 Å². The highest BCUT2D eigenvalue weighted by atomic mass is 32.2. The summed E-state index contributed by atoms with van der Waals surface area (Å²) in [5, 5.41) is 2.85. The Hall–Kier alpha value is -3.86. The monoisotopic (exact) mass is 603 g/mol. The largest absolute Gasteiger partial charge is 0.416 e. The number of benzene rings is 3. The van der Waals surface area contributed by atoms with Gasteiger partial charge in [-0.2, -0.15) is 13.2 Å². The lowest BCUT2D eigenvalue weighted by Gasteiger charge is -2.33. The molecule has 2 atom stereocenters. The Bertz CT molecular complexity index is 1510. The summed E-state index contributed by atoms with van der Waals surface area (Å²) >= 11 is 0. The average Bonchev–Trinajstić information content (AvgIpc) is 2.94. The predicted molar refractivity (Wildman–Crippen MR) is 156 cm³/mol. The highest BCUT2D eigenvalue weighted by molar-refractivity contribution is 7.92. The van der Waals surface area contributed by atoms with Gasteiger partial charge in [0.25, 0.3) is 10.0 Å². The van der Waals surface area contributed by atoms with Crippen molar-refractivity contribution in [2.75, 3.05) is 10.8 Å². The van der Waals surface area contributed by atoms with E-state index in [2.05, 4.69) is 5.32 Å². The van der Waals surface area contributed by atoms with Crippen LogP contribution in [-0.2, 0) is 32.3 Å². The minimum Gasteiger partial charge on any atom is -0.352 e. The Balaban J connectivity index is 2.10. The van der Waals surface area contributed by atoms with Gasteiger partial charge in [0.1, 0.15) is 12.6 Å². The van der Waals surface area contributed by atoms with E-state index in [9.17, 15) is 31.2 Å². The van der Waals surface area contributed by atoms with Crippen LogP contribution in [-0.4, -0.2) is 43.8 Å². The van der Waals surface area contributed by atoms with Crippen LogP contribution in [0.4, 0.5) is 18.9 Å². The second-order valence-electron chi connectivity index (χ2n) is 10.3. The minimum absolute atomic E-state index is 0.0123. The van der Waals surface area contributed by atoms with Crippen molar-refractivity contribution in [1.29, 1.82) is 0 Å². The summed E-state index contributed by atoms with van der Waals surface area (Å²) in [5.41, 5.74) is 0.981. The summed E-state index contributed by atoms with van der Waals surface area (Å²) in [4.78, 5) is 28.2. The SMILES string of the molecule is CC[C@@H](C)NC(=O)[C@H](C)N(Cc1ccccc1C)C(=O)CN(c1cccc(C(F)(F)F)c1)S(=O)(=O)c1ccc(C)cc1. The fraction of sp³-hybridized carbons (Fsp3) is 0.355. The van der Waals surface area contributed by atoms with Crippen LogP contribution >= 0.6 is 0 Å². The third-order valence-corrected chi connectivity index (χ3v) is 8.91. The van der Waals surface area contributed by atoms with Crippen LogP contribution in [0.3, 0.4) is 0 Å². The van der Waals surface area contributed by atoms with Gasteiger partial charge in [0.05, 0.1) is 16.1 Å². The van der Waals surface area contributed by atoms with Gasteiger partial charge in [-0.05, 0) is 75.6 Å². The van der Waals surface area contributed by atoms with Gasteiger partial charge in [-0.25, -0.2) is 8.42 Å². The lowest BCUT2D eigenvalue weighted by molar-refractivity contribution is -0.139. The standard InChI is InChI=1S/C31H36F3N3O4S/c1-6-23(4)35-30(39)24(5)36(19-25-11-8-7-10-22(25)3)29(38)20-37(27-13-9-12-26(18-27)31(32,33)34)42(40,41)28-16-14-21(2)15-17-28/h7-18,23-24H,6,19-20H2,1-5H3,(H,35,39)/t23-,24+/m1/s1. The normalized spacial score (nSPS) is 13.2. The topological polar surface area (TPSA) is 86.8 Å². The van der Waals surface area contributed by atoms with E-state index in [0.29, 0.717) is 16.8 Å². The first-order valence-electron chi connectivity index (χ1n) is 13.6. The molecule has 3 rings (SSSR count). The van der Waals surface area contributed by atoms with Crippen molar-refractivity contribution < 1.29 is 31.2 Å². The van der Waals surface area contributed by atoms with Gasteiger partial charge in [-0.1, -0.05) is 55.0 Å². The third kappa shape index (κ3) is 7.90. The highest BCUT2D eigenvalue weighted by Gasteiger charge is 2.35. The van der Waals surface area contributed by atoms with Crippen molar-refractivity contribution in [3.8, 4) is 0 Å². The van der Waals surface area contributed by atoms with Crippen LogP contribution in [0.15, 0.2) is 77.7 Å². The molecule has 3 aromatic rings. The van der Waals surface area contributed by atoms with Gasteiger partial charge in [0.2, 0.25) is 11.8 Å². The number of halogens is 3. The first-order valence-corrected chi connectivity index (χ1v) is 15.0. The second-order valence-corrected chi connectivity index (χ2v) is 12.2. The van der Waals surface area contributed by atoms with Crippen molar-refractivity contribution in [3.63, 3.8) is 0 Å². The maximum atomic E-state index is 14.0. The molecule has 0 spiro atoms. The third-order valence-electron chi connectivity index (χ3n) is 7.12. The molecule has 1 N–H and O–H groups in total. The van der Waals surface area contributed by atoms with Crippen molar-refractivity contribution in [2.24, 2.45) is 0 Å². The van der Waals surface area contributed by atoms with Gasteiger partial charge in [0, 0.05) is 12.6 Å². The molecule has 0 aliphatic heterocycles. The number of sulfonamides is 1. The number of nitrogens with one attached hydrogen (secondary N) is 1. The zero-order valence-corrected chi connectivity index (χ0v) is 25.1. The molecular formula is C31H36F3N3O4S. The Kier molecular flexibility index (Phi) is 10.4. The first kappa shape index (κ1) is 32.7. The summed E-state index contributed by atoms with van der Waals surface area (Å²) in [5.74, 6) is -1.18. The van der Waals surface area contributed by atoms with E-state index < -0.39 is 46.2 Å². The van der Waals surface area contributed by atoms with E-state index in [-0.39, 0.29) is 23.2 Å². The summed E-state index contributed by atoms with van der Waals surface area (Å²) in [6.07, 6.45) is -4.08. The lowest BCUT2D eigenvalue weighted by Crippen LogP contribution is -2.52. The van der Waals surface area contributed by atoms with Gasteiger partial charge in [-0.15, -0.1) is 0 Å².